The Morgan fingerprint density at radius 2 is 1.91 bits per heavy atom. The summed E-state index contributed by atoms with van der Waals surface area (Å²) < 4.78 is 5.53. The normalized spacial score (nSPS) is 10.3. The zero-order chi connectivity index (χ0) is 16.1. The summed E-state index contributed by atoms with van der Waals surface area (Å²) in [4.78, 5) is 28.0. The van der Waals surface area contributed by atoms with E-state index >= 15 is 0 Å². The van der Waals surface area contributed by atoms with Gasteiger partial charge in [0.15, 0.2) is 0 Å². The molecule has 0 aliphatic carbocycles. The van der Waals surface area contributed by atoms with Gasteiger partial charge in [0.25, 0.3) is 11.5 Å². The van der Waals surface area contributed by atoms with Crippen molar-refractivity contribution in [3.8, 4) is 5.75 Å². The van der Waals surface area contributed by atoms with E-state index in [0.29, 0.717) is 23.9 Å². The van der Waals surface area contributed by atoms with Gasteiger partial charge in [-0.05, 0) is 43.3 Å². The van der Waals surface area contributed by atoms with Crippen LogP contribution in [0.1, 0.15) is 16.1 Å². The van der Waals surface area contributed by atoms with Gasteiger partial charge in [0.05, 0.1) is 6.54 Å². The first-order chi connectivity index (χ1) is 10.5. The molecule has 0 saturated heterocycles. The van der Waals surface area contributed by atoms with Crippen molar-refractivity contribution in [2.45, 2.75) is 6.92 Å². The van der Waals surface area contributed by atoms with Crippen molar-refractivity contribution in [1.82, 2.24) is 9.88 Å². The molecule has 6 heteroatoms. The number of aromatic nitrogens is 1. The summed E-state index contributed by atoms with van der Waals surface area (Å²) in [7, 11) is 1.63. The molecular weight excluding hydrogens is 304 g/mol. The molecule has 0 spiro atoms. The third-order valence-corrected chi connectivity index (χ3v) is 3.39. The van der Waals surface area contributed by atoms with Crippen LogP contribution in [0.2, 0.25) is 5.02 Å². The molecule has 0 aliphatic rings. The zero-order valence-electron chi connectivity index (χ0n) is 12.4. The summed E-state index contributed by atoms with van der Waals surface area (Å²) in [6.45, 7) is 2.46. The molecule has 0 fully saturated rings. The zero-order valence-corrected chi connectivity index (χ0v) is 13.2. The van der Waals surface area contributed by atoms with Crippen LogP contribution >= 0.6 is 11.6 Å². The molecular formula is C16H17ClN2O3. The highest BCUT2D eigenvalue weighted by atomic mass is 35.5. The molecule has 0 bridgehead atoms. The van der Waals surface area contributed by atoms with E-state index in [-0.39, 0.29) is 17.0 Å². The maximum atomic E-state index is 12.2. The number of hydrogen-bond acceptors (Lipinski definition) is 3. The maximum Gasteiger partial charge on any atom is 0.260 e. The maximum absolute atomic E-state index is 12.2. The Morgan fingerprint density at radius 3 is 2.55 bits per heavy atom. The van der Waals surface area contributed by atoms with Gasteiger partial charge in [-0.1, -0.05) is 11.6 Å². The third-order valence-electron chi connectivity index (χ3n) is 3.14. The number of nitrogens with one attached hydrogen (secondary N) is 1. The topological polar surface area (TPSA) is 62.4 Å². The molecule has 1 N–H and O–H groups in total. The van der Waals surface area contributed by atoms with Gasteiger partial charge in [-0.15, -0.1) is 0 Å². The van der Waals surface area contributed by atoms with Crippen molar-refractivity contribution in [2.24, 2.45) is 0 Å². The minimum Gasteiger partial charge on any atom is -0.492 e. The highest BCUT2D eigenvalue weighted by Gasteiger charge is 2.15. The van der Waals surface area contributed by atoms with E-state index in [9.17, 15) is 9.59 Å². The number of aromatic amines is 1. The van der Waals surface area contributed by atoms with Gasteiger partial charge in [-0.2, -0.15) is 0 Å². The van der Waals surface area contributed by atoms with Crippen LogP contribution in [0.3, 0.4) is 0 Å². The number of benzene rings is 1. The standard InChI is InChI=1S/C16H17ClN2O3/c1-11-3-8-14(15(20)18-11)16(21)19(2)9-10-22-13-6-4-12(17)5-7-13/h3-8H,9-10H2,1-2H3,(H,18,20). The number of carbonyl (C=O) groups excluding carboxylic acids is 1. The predicted molar refractivity (Wildman–Crippen MR) is 85.7 cm³/mol. The number of nitrogens with zero attached hydrogens (tertiary/aromatic N) is 1. The predicted octanol–water partition coefficient (Wildman–Crippen LogP) is 2.49. The first kappa shape index (κ1) is 16.1. The lowest BCUT2D eigenvalue weighted by molar-refractivity contribution is 0.0772. The Labute approximate surface area is 133 Å². The van der Waals surface area contributed by atoms with E-state index in [2.05, 4.69) is 4.98 Å². The first-order valence-corrected chi connectivity index (χ1v) is 7.19. The van der Waals surface area contributed by atoms with Gasteiger partial charge < -0.3 is 14.6 Å². The third kappa shape index (κ3) is 4.11. The Balaban J connectivity index is 1.91. The molecule has 0 aliphatic heterocycles. The van der Waals surface area contributed by atoms with Crippen LogP contribution in [-0.2, 0) is 0 Å². The van der Waals surface area contributed by atoms with Crippen LogP contribution in [0.25, 0.3) is 0 Å². The van der Waals surface area contributed by atoms with Gasteiger partial charge in [0.1, 0.15) is 17.9 Å². The highest BCUT2D eigenvalue weighted by Crippen LogP contribution is 2.15. The number of pyridine rings is 1. The van der Waals surface area contributed by atoms with Crippen LogP contribution in [0, 0.1) is 6.92 Å². The number of likely N-dealkylation sites (N-methyl/N-ethyl adjacent to an activating group) is 1. The summed E-state index contributed by atoms with van der Waals surface area (Å²) in [5.41, 5.74) is 0.463. The second-order valence-corrected chi connectivity index (χ2v) is 5.35. The first-order valence-electron chi connectivity index (χ1n) is 6.81. The lowest BCUT2D eigenvalue weighted by atomic mass is 10.2. The molecule has 1 amide bonds. The summed E-state index contributed by atoms with van der Waals surface area (Å²) >= 11 is 5.79. The van der Waals surface area contributed by atoms with Crippen molar-refractivity contribution < 1.29 is 9.53 Å². The van der Waals surface area contributed by atoms with Crippen LogP contribution in [0.15, 0.2) is 41.2 Å². The fourth-order valence-electron chi connectivity index (χ4n) is 1.88. The quantitative estimate of drug-likeness (QED) is 0.920. The van der Waals surface area contributed by atoms with Gasteiger partial charge in [0, 0.05) is 17.8 Å². The number of hydrogen-bond donors (Lipinski definition) is 1. The lowest BCUT2D eigenvalue weighted by Crippen LogP contribution is -2.34. The van der Waals surface area contributed by atoms with Gasteiger partial charge in [0.2, 0.25) is 0 Å². The molecule has 0 atom stereocenters. The van der Waals surface area contributed by atoms with Crippen LogP contribution < -0.4 is 10.3 Å². The van der Waals surface area contributed by atoms with Gasteiger partial charge in [-0.25, -0.2) is 0 Å². The molecule has 0 radical (unpaired) electrons. The molecule has 5 nitrogen and oxygen atoms in total. The number of carbonyl (C=O) groups is 1. The molecule has 116 valence electrons. The van der Waals surface area contributed by atoms with Crippen LogP contribution in [0.5, 0.6) is 5.75 Å². The van der Waals surface area contributed by atoms with Gasteiger partial charge in [-0.3, -0.25) is 9.59 Å². The molecule has 1 heterocycles. The fourth-order valence-corrected chi connectivity index (χ4v) is 2.00. The summed E-state index contributed by atoms with van der Waals surface area (Å²) in [5.74, 6) is 0.347. The molecule has 0 unspecified atom stereocenters. The van der Waals surface area contributed by atoms with E-state index in [0.717, 1.165) is 5.69 Å². The molecule has 22 heavy (non-hydrogen) atoms. The summed E-state index contributed by atoms with van der Waals surface area (Å²) in [6.07, 6.45) is 0. The van der Waals surface area contributed by atoms with E-state index in [1.807, 2.05) is 0 Å². The van der Waals surface area contributed by atoms with Crippen LogP contribution in [0.4, 0.5) is 0 Å². The fraction of sp³-hybridized carbons (Fsp3) is 0.250. The molecule has 1 aromatic carbocycles. The second-order valence-electron chi connectivity index (χ2n) is 4.91. The highest BCUT2D eigenvalue weighted by molar-refractivity contribution is 6.30. The van der Waals surface area contributed by atoms with E-state index < -0.39 is 0 Å². The Kier molecular flexibility index (Phi) is 5.22. The van der Waals surface area contributed by atoms with Crippen molar-refractivity contribution in [1.29, 1.82) is 0 Å². The SMILES string of the molecule is Cc1ccc(C(=O)N(C)CCOc2ccc(Cl)cc2)c(=O)[nH]1. The van der Waals surface area contributed by atoms with E-state index in [1.165, 1.54) is 11.0 Å². The minimum absolute atomic E-state index is 0.125. The van der Waals surface area contributed by atoms with Crippen molar-refractivity contribution in [2.75, 3.05) is 20.2 Å². The van der Waals surface area contributed by atoms with E-state index in [1.54, 1.807) is 44.3 Å². The second kappa shape index (κ2) is 7.13. The van der Waals surface area contributed by atoms with Gasteiger partial charge >= 0.3 is 0 Å². The Bertz CT molecular complexity index is 710. The minimum atomic E-state index is -0.379. The number of halogens is 1. The largest absolute Gasteiger partial charge is 0.492 e. The average molecular weight is 321 g/mol. The number of ether oxygens (including phenoxy) is 1. The lowest BCUT2D eigenvalue weighted by Gasteiger charge is -2.17. The monoisotopic (exact) mass is 320 g/mol. The Morgan fingerprint density at radius 1 is 1.23 bits per heavy atom. The van der Waals surface area contributed by atoms with Crippen LogP contribution in [-0.4, -0.2) is 36.0 Å². The number of rotatable bonds is 5. The molecule has 2 aromatic rings. The Hall–Kier alpha value is -2.27. The van der Waals surface area contributed by atoms with E-state index in [4.69, 9.17) is 16.3 Å². The van der Waals surface area contributed by atoms with Crippen molar-refractivity contribution in [3.05, 3.63) is 63.0 Å². The summed E-state index contributed by atoms with van der Waals surface area (Å²) in [6, 6.07) is 10.2. The van der Waals surface area contributed by atoms with Crippen molar-refractivity contribution >= 4 is 17.5 Å². The number of H-pyrrole nitrogens is 1. The average Bonchev–Trinajstić information content (AvgIpc) is 2.48. The van der Waals surface area contributed by atoms with Crippen molar-refractivity contribution in [3.63, 3.8) is 0 Å². The summed E-state index contributed by atoms with van der Waals surface area (Å²) in [5, 5.41) is 0.637. The number of amides is 1. The molecule has 2 rings (SSSR count). The number of aryl methyl sites for hydroxylation is 1. The molecule has 0 saturated carbocycles. The molecule has 1 aromatic heterocycles. The smallest absolute Gasteiger partial charge is 0.260 e.